The summed E-state index contributed by atoms with van der Waals surface area (Å²) in [4.78, 5) is 15.2. The molecule has 1 aromatic rings. The Morgan fingerprint density at radius 3 is 2.67 bits per heavy atom. The molecule has 0 saturated heterocycles. The molecule has 0 aromatic carbocycles. The number of halogens is 2. The van der Waals surface area contributed by atoms with Crippen molar-refractivity contribution in [3.8, 4) is 0 Å². The van der Waals surface area contributed by atoms with Gasteiger partial charge in [0.15, 0.2) is 0 Å². The minimum Gasteiger partial charge on any atom is -0.465 e. The lowest BCUT2D eigenvalue weighted by molar-refractivity contribution is -0.143. The average molecular weight is 400 g/mol. The highest BCUT2D eigenvalue weighted by atomic mass is 79.9. The molecule has 0 spiro atoms. The Morgan fingerprint density at radius 2 is 2.14 bits per heavy atom. The van der Waals surface area contributed by atoms with Gasteiger partial charge in [-0.05, 0) is 42.8 Å². The van der Waals surface area contributed by atoms with Crippen LogP contribution in [-0.4, -0.2) is 42.9 Å². The van der Waals surface area contributed by atoms with Crippen LogP contribution >= 0.6 is 27.5 Å². The van der Waals surface area contributed by atoms with Crippen molar-refractivity contribution in [2.45, 2.75) is 31.7 Å². The molecular formula is C12H16BrClN2O4S. The zero-order valence-corrected chi connectivity index (χ0v) is 15.0. The molecule has 118 valence electrons. The van der Waals surface area contributed by atoms with Crippen molar-refractivity contribution in [2.24, 2.45) is 0 Å². The first-order valence-electron chi connectivity index (χ1n) is 6.18. The molecule has 1 rings (SSSR count). The molecule has 0 aliphatic rings. The Bertz CT molecular complexity index is 622. The van der Waals surface area contributed by atoms with Crippen molar-refractivity contribution in [3.63, 3.8) is 0 Å². The van der Waals surface area contributed by atoms with E-state index in [1.807, 2.05) is 0 Å². The van der Waals surface area contributed by atoms with Crippen molar-refractivity contribution in [1.29, 1.82) is 0 Å². The van der Waals surface area contributed by atoms with E-state index in [0.29, 0.717) is 4.47 Å². The van der Waals surface area contributed by atoms with E-state index in [1.165, 1.54) is 12.3 Å². The lowest BCUT2D eigenvalue weighted by Crippen LogP contribution is -2.41. The van der Waals surface area contributed by atoms with Crippen LogP contribution in [0.4, 0.5) is 0 Å². The maximum Gasteiger partial charge on any atom is 0.321 e. The summed E-state index contributed by atoms with van der Waals surface area (Å²) in [6, 6.07) is 0.917. The van der Waals surface area contributed by atoms with Crippen molar-refractivity contribution in [3.05, 3.63) is 21.9 Å². The minimum absolute atomic E-state index is 0.146. The van der Waals surface area contributed by atoms with Crippen LogP contribution in [0.15, 0.2) is 21.6 Å². The van der Waals surface area contributed by atoms with Gasteiger partial charge in [0.2, 0.25) is 10.0 Å². The fourth-order valence-electron chi connectivity index (χ4n) is 1.59. The van der Waals surface area contributed by atoms with E-state index < -0.39 is 22.0 Å². The first kappa shape index (κ1) is 18.3. The standard InChI is InChI=1S/C12H16BrClN2O4S/c1-4-20-11(17)7-16(8(2)3)21(18,19)10-5-9(13)6-15-12(10)14/h5-6,8H,4,7H2,1-3H3. The summed E-state index contributed by atoms with van der Waals surface area (Å²) in [5.74, 6) is -0.617. The van der Waals surface area contributed by atoms with Crippen molar-refractivity contribution in [1.82, 2.24) is 9.29 Å². The van der Waals surface area contributed by atoms with Crippen LogP contribution in [0.25, 0.3) is 0 Å². The highest BCUT2D eigenvalue weighted by Crippen LogP contribution is 2.26. The van der Waals surface area contributed by atoms with Crippen LogP contribution in [0, 0.1) is 0 Å². The van der Waals surface area contributed by atoms with Gasteiger partial charge in [-0.1, -0.05) is 11.6 Å². The molecule has 0 aliphatic carbocycles. The Labute approximate surface area is 137 Å². The number of pyridine rings is 1. The fraction of sp³-hybridized carbons (Fsp3) is 0.500. The van der Waals surface area contributed by atoms with E-state index in [9.17, 15) is 13.2 Å². The highest BCUT2D eigenvalue weighted by Gasteiger charge is 2.31. The van der Waals surface area contributed by atoms with Gasteiger partial charge in [0.05, 0.1) is 6.61 Å². The summed E-state index contributed by atoms with van der Waals surface area (Å²) in [5, 5.41) is -0.146. The summed E-state index contributed by atoms with van der Waals surface area (Å²) < 4.78 is 31.6. The van der Waals surface area contributed by atoms with Crippen LogP contribution < -0.4 is 0 Å². The second-order valence-corrected chi connectivity index (χ2v) is 7.52. The van der Waals surface area contributed by atoms with Crippen molar-refractivity contribution < 1.29 is 17.9 Å². The highest BCUT2D eigenvalue weighted by molar-refractivity contribution is 9.10. The van der Waals surface area contributed by atoms with E-state index in [2.05, 4.69) is 20.9 Å². The third-order valence-corrected chi connectivity index (χ3v) is 5.41. The van der Waals surface area contributed by atoms with Gasteiger partial charge in [0, 0.05) is 16.7 Å². The Kier molecular flexibility index (Phi) is 6.58. The number of aromatic nitrogens is 1. The van der Waals surface area contributed by atoms with Crippen molar-refractivity contribution in [2.75, 3.05) is 13.2 Å². The summed E-state index contributed by atoms with van der Waals surface area (Å²) in [5.41, 5.74) is 0. The third-order valence-electron chi connectivity index (χ3n) is 2.53. The van der Waals surface area contributed by atoms with Crippen LogP contribution in [0.3, 0.4) is 0 Å². The number of hydrogen-bond donors (Lipinski definition) is 0. The zero-order chi connectivity index (χ0) is 16.2. The summed E-state index contributed by atoms with van der Waals surface area (Å²) in [6.45, 7) is 4.79. The number of sulfonamides is 1. The maximum absolute atomic E-state index is 12.7. The molecule has 1 aromatic heterocycles. The summed E-state index contributed by atoms with van der Waals surface area (Å²) in [7, 11) is -3.96. The Morgan fingerprint density at radius 1 is 1.52 bits per heavy atom. The number of esters is 1. The SMILES string of the molecule is CCOC(=O)CN(C(C)C)S(=O)(=O)c1cc(Br)cnc1Cl. The lowest BCUT2D eigenvalue weighted by Gasteiger charge is -2.25. The first-order chi connectivity index (χ1) is 9.70. The number of nitrogens with zero attached hydrogens (tertiary/aromatic N) is 2. The van der Waals surface area contributed by atoms with Gasteiger partial charge in [-0.2, -0.15) is 4.31 Å². The monoisotopic (exact) mass is 398 g/mol. The van der Waals surface area contributed by atoms with Gasteiger partial charge in [0.1, 0.15) is 16.6 Å². The quantitative estimate of drug-likeness (QED) is 0.542. The molecule has 0 aliphatic heterocycles. The summed E-state index contributed by atoms with van der Waals surface area (Å²) >= 11 is 9.03. The molecule has 0 N–H and O–H groups in total. The predicted molar refractivity (Wildman–Crippen MR) is 82.6 cm³/mol. The van der Waals surface area contributed by atoms with Crippen molar-refractivity contribution >= 4 is 43.5 Å². The van der Waals surface area contributed by atoms with Gasteiger partial charge in [0.25, 0.3) is 0 Å². The second-order valence-electron chi connectivity index (χ2n) is 4.39. The third kappa shape index (κ3) is 4.64. The predicted octanol–water partition coefficient (Wildman–Crippen LogP) is 2.46. The molecule has 6 nitrogen and oxygen atoms in total. The smallest absolute Gasteiger partial charge is 0.321 e. The Hall–Kier alpha value is -0.700. The molecular weight excluding hydrogens is 384 g/mol. The second kappa shape index (κ2) is 7.53. The van der Waals surface area contributed by atoms with Gasteiger partial charge in [-0.25, -0.2) is 13.4 Å². The van der Waals surface area contributed by atoms with Gasteiger partial charge in [-0.3, -0.25) is 4.79 Å². The molecule has 0 bridgehead atoms. The van der Waals surface area contributed by atoms with Crippen LogP contribution in [0.2, 0.25) is 5.15 Å². The lowest BCUT2D eigenvalue weighted by atomic mass is 10.4. The van der Waals surface area contributed by atoms with E-state index in [0.717, 1.165) is 4.31 Å². The molecule has 0 fully saturated rings. The molecule has 1 heterocycles. The van der Waals surface area contributed by atoms with E-state index >= 15 is 0 Å². The van der Waals surface area contributed by atoms with E-state index in [1.54, 1.807) is 20.8 Å². The largest absolute Gasteiger partial charge is 0.465 e. The topological polar surface area (TPSA) is 76.6 Å². The van der Waals surface area contributed by atoms with Crippen LogP contribution in [-0.2, 0) is 19.6 Å². The number of rotatable bonds is 6. The number of carbonyl (C=O) groups is 1. The van der Waals surface area contributed by atoms with Crippen LogP contribution in [0.5, 0.6) is 0 Å². The first-order valence-corrected chi connectivity index (χ1v) is 8.79. The average Bonchev–Trinajstić information content (AvgIpc) is 2.38. The zero-order valence-electron chi connectivity index (χ0n) is 11.8. The van der Waals surface area contributed by atoms with Crippen LogP contribution in [0.1, 0.15) is 20.8 Å². The molecule has 0 radical (unpaired) electrons. The van der Waals surface area contributed by atoms with E-state index in [-0.39, 0.29) is 23.2 Å². The molecule has 21 heavy (non-hydrogen) atoms. The minimum atomic E-state index is -3.96. The van der Waals surface area contributed by atoms with Gasteiger partial charge < -0.3 is 4.74 Å². The molecule has 0 saturated carbocycles. The van der Waals surface area contributed by atoms with Gasteiger partial charge >= 0.3 is 5.97 Å². The molecule has 0 unspecified atom stereocenters. The number of carbonyl (C=O) groups excluding carboxylic acids is 1. The number of hydrogen-bond acceptors (Lipinski definition) is 5. The van der Waals surface area contributed by atoms with Gasteiger partial charge in [-0.15, -0.1) is 0 Å². The number of ether oxygens (including phenoxy) is 1. The van der Waals surface area contributed by atoms with E-state index in [4.69, 9.17) is 16.3 Å². The summed E-state index contributed by atoms with van der Waals surface area (Å²) in [6.07, 6.45) is 1.40. The normalized spacial score (nSPS) is 12.0. The molecule has 0 amide bonds. The Balaban J connectivity index is 3.22. The maximum atomic E-state index is 12.7. The molecule has 0 atom stereocenters. The molecule has 9 heteroatoms. The fourth-order valence-corrected chi connectivity index (χ4v) is 4.09.